The molecule has 1 atom stereocenters. The third kappa shape index (κ3) is 20.9. The molecule has 19 nitrogen and oxygen atoms in total. The van der Waals surface area contributed by atoms with Gasteiger partial charge in [-0.3, -0.25) is 39.3 Å². The minimum absolute atomic E-state index is 0. The Morgan fingerprint density at radius 1 is 0.537 bits per heavy atom. The summed E-state index contributed by atoms with van der Waals surface area (Å²) < 4.78 is 20.6. The van der Waals surface area contributed by atoms with Crippen molar-refractivity contribution < 1.29 is 59.0 Å². The number of nitrogens with zero attached hydrogens (tertiary/aromatic N) is 11. The van der Waals surface area contributed by atoms with Crippen LogP contribution in [0.5, 0.6) is 0 Å². The molecule has 14 aromatic rings. The topological polar surface area (TPSA) is 263 Å². The second-order valence-corrected chi connectivity index (χ2v) is 21.3. The second kappa shape index (κ2) is 38.9. The van der Waals surface area contributed by atoms with Crippen LogP contribution in [0.2, 0.25) is 0 Å². The first-order valence-electron chi connectivity index (χ1n) is 28.8. The van der Waals surface area contributed by atoms with Gasteiger partial charge in [-0.1, -0.05) is 91.0 Å². The number of carbonyl (C=O) groups excluding carboxylic acids is 3. The van der Waals surface area contributed by atoms with Crippen LogP contribution in [0, 0.1) is 34.6 Å². The fourth-order valence-corrected chi connectivity index (χ4v) is 9.32. The number of aliphatic hydroxyl groups excluding tert-OH is 1. The molecule has 0 saturated carbocycles. The molecule has 0 bridgehead atoms. The maximum absolute atomic E-state index is 12.4. The van der Waals surface area contributed by atoms with Gasteiger partial charge in [-0.05, 0) is 99.5 Å². The standard InChI is InChI=1S/C15H15N3O.C15H13N3O.C14H11N3O.C14H13N3.C10H7NO.C2H5.CH2Cl2.BrH.Mg.Mn.2O/c2*1-10-14(17-9-18(10)2)15(19)12-6-5-11-4-3-7-16-13(11)8-12;1-9-13(17-8-16-9)14(18)11-5-4-10-3-2-6-15-12(10)7-11;1-10-13(17-9-16-10)7-11-4-5-12-3-2-6-15-14(12)8-11;12-7-8-3-4-9-2-1-5-11-10(9)6-8;1-2;2-1-3;;;;;/h3-9,15,19H,1-2H3;3-9H,1-2H3;2-8H,1H3,(H,16,17);2-6,8-9H,7H2,1H3,(H,16,17);1-7H;1H2,2H3;1H2;1H;;;;/q;;;;;-1;;;+2;;;/p-1. The molecule has 9 aromatic heterocycles. The first-order valence-corrected chi connectivity index (χ1v) is 30.8. The molecule has 9 heterocycles. The molecule has 0 radical (unpaired) electrons. The molecular formula is C71H66BrCl2MgMnN13O6. The SMILES string of the molecule is Cc1[nH]cnc1C(=O)c1ccc2cccnc2c1.Cc1[nH]cnc1Cc1ccc2cccnc2c1.Cc1c(C(=O)c2ccc3cccnc3c2)ncn1C.Cc1c(C(O)c2ccc3cccnc3c2)ncn1C.ClCCl.O=Cc1ccc2cccnc2c1.[Br-].[CH2-]C.[Mg+2].[O]=[Mn]=[O]. The molecule has 1 unspecified atom stereocenters. The van der Waals surface area contributed by atoms with Gasteiger partial charge >= 0.3 is 45.5 Å². The Bertz CT molecular complexity index is 4850. The van der Waals surface area contributed by atoms with Crippen molar-refractivity contribution in [2.24, 2.45) is 14.1 Å². The zero-order chi connectivity index (χ0) is 66.8. The number of H-pyrrole nitrogens is 2. The van der Waals surface area contributed by atoms with Crippen molar-refractivity contribution in [1.82, 2.24) is 64.0 Å². The number of carbonyl (C=O) groups is 3. The number of nitrogens with one attached hydrogen (secondary N) is 2. The predicted octanol–water partition coefficient (Wildman–Crippen LogP) is 10.9. The molecule has 5 aromatic carbocycles. The van der Waals surface area contributed by atoms with Gasteiger partial charge < -0.3 is 48.1 Å². The summed E-state index contributed by atoms with van der Waals surface area (Å²) in [5.74, 6) is -0.146. The monoisotopic (exact) mass is 1420 g/mol. The number of aryl methyl sites for hydroxylation is 4. The van der Waals surface area contributed by atoms with Crippen LogP contribution in [0.25, 0.3) is 54.5 Å². The summed E-state index contributed by atoms with van der Waals surface area (Å²) in [6.45, 7) is 12.7. The number of benzene rings is 5. The van der Waals surface area contributed by atoms with Gasteiger partial charge in [-0.15, -0.1) is 23.2 Å². The molecule has 3 N–H and O–H groups in total. The van der Waals surface area contributed by atoms with Crippen molar-refractivity contribution in [2.45, 2.75) is 47.1 Å². The average molecular weight is 1430 g/mol. The number of aromatic nitrogens is 13. The van der Waals surface area contributed by atoms with Gasteiger partial charge in [0.2, 0.25) is 11.6 Å². The molecule has 24 heteroatoms. The van der Waals surface area contributed by atoms with Crippen LogP contribution in [0.4, 0.5) is 0 Å². The average Bonchev–Trinajstić information content (AvgIpc) is 1.85. The van der Waals surface area contributed by atoms with E-state index in [1.165, 1.54) is 17.3 Å². The van der Waals surface area contributed by atoms with E-state index in [-0.39, 0.29) is 56.9 Å². The van der Waals surface area contributed by atoms with E-state index >= 15 is 0 Å². The number of rotatable bonds is 9. The number of hydrogen-bond donors (Lipinski definition) is 3. The van der Waals surface area contributed by atoms with Crippen molar-refractivity contribution in [3.8, 4) is 0 Å². The Balaban J connectivity index is 0.000000209. The normalized spacial score (nSPS) is 10.3. The summed E-state index contributed by atoms with van der Waals surface area (Å²) in [6, 6.07) is 48.2. The van der Waals surface area contributed by atoms with E-state index in [1.54, 1.807) is 75.0 Å². The summed E-state index contributed by atoms with van der Waals surface area (Å²) in [5.41, 5.74) is 14.9. The van der Waals surface area contributed by atoms with Crippen LogP contribution in [0.3, 0.4) is 0 Å². The minimum atomic E-state index is -1.44. The molecule has 95 heavy (non-hydrogen) atoms. The molecule has 0 saturated heterocycles. The van der Waals surface area contributed by atoms with Crippen molar-refractivity contribution in [2.75, 3.05) is 5.34 Å². The van der Waals surface area contributed by atoms with E-state index in [9.17, 15) is 19.5 Å². The number of alkyl halides is 2. The van der Waals surface area contributed by atoms with Crippen LogP contribution >= 0.6 is 23.2 Å². The number of aliphatic hydroxyl groups is 1. The van der Waals surface area contributed by atoms with E-state index < -0.39 is 20.9 Å². The van der Waals surface area contributed by atoms with Crippen molar-refractivity contribution in [3.63, 3.8) is 0 Å². The van der Waals surface area contributed by atoms with Crippen LogP contribution < -0.4 is 17.0 Å². The second-order valence-electron chi connectivity index (χ2n) is 20.2. The zero-order valence-electron chi connectivity index (χ0n) is 53.0. The third-order valence-corrected chi connectivity index (χ3v) is 14.4. The summed E-state index contributed by atoms with van der Waals surface area (Å²) in [4.78, 5) is 79.2. The molecule has 481 valence electrons. The van der Waals surface area contributed by atoms with Gasteiger partial charge in [0, 0.05) is 118 Å². The number of aldehydes is 1. The number of imidazole rings is 4. The van der Waals surface area contributed by atoms with E-state index in [2.05, 4.69) is 86.0 Å². The molecule has 0 fully saturated rings. The summed E-state index contributed by atoms with van der Waals surface area (Å²) in [6.07, 6.45) is 16.3. The Morgan fingerprint density at radius 2 is 0.947 bits per heavy atom. The number of halogens is 3. The maximum atomic E-state index is 12.4. The number of ketones is 2. The van der Waals surface area contributed by atoms with Gasteiger partial charge in [-0.2, -0.15) is 6.92 Å². The van der Waals surface area contributed by atoms with Gasteiger partial charge in [0.1, 0.15) is 23.8 Å². The van der Waals surface area contributed by atoms with E-state index in [0.717, 1.165) is 95.9 Å². The third-order valence-electron chi connectivity index (χ3n) is 14.4. The first kappa shape index (κ1) is 76.6. The van der Waals surface area contributed by atoms with Crippen molar-refractivity contribution in [3.05, 3.63) is 288 Å². The number of fused-ring (bicyclic) bond motifs is 5. The summed E-state index contributed by atoms with van der Waals surface area (Å²) in [5, 5.41) is 16.0. The molecule has 14 rings (SSSR count). The van der Waals surface area contributed by atoms with Crippen molar-refractivity contribution >= 4 is 119 Å². The summed E-state index contributed by atoms with van der Waals surface area (Å²) >= 11 is 8.09. The van der Waals surface area contributed by atoms with Gasteiger partial charge in [0.25, 0.3) is 0 Å². The van der Waals surface area contributed by atoms with E-state index in [0.29, 0.717) is 33.8 Å². The Labute approximate surface area is 591 Å². The quantitative estimate of drug-likeness (QED) is 0.0399. The molecule has 0 aliphatic carbocycles. The number of aromatic amines is 2. The van der Waals surface area contributed by atoms with Crippen molar-refractivity contribution in [1.29, 1.82) is 0 Å². The zero-order valence-corrected chi connectivity index (χ0v) is 58.7. The van der Waals surface area contributed by atoms with E-state index in [4.69, 9.17) is 30.9 Å². The van der Waals surface area contributed by atoms with Crippen LogP contribution in [0.1, 0.15) is 101 Å². The number of pyridine rings is 5. The Kier molecular flexibility index (Phi) is 31.4. The molecular weight excluding hydrogens is 1360 g/mol. The number of hydrogen-bond acceptors (Lipinski definition) is 15. The fraction of sp³-hybridized carbons (Fsp3) is 0.141. The first-order chi connectivity index (χ1) is 45.1. The Morgan fingerprint density at radius 3 is 1.38 bits per heavy atom. The van der Waals surface area contributed by atoms with Crippen LogP contribution in [0.15, 0.2) is 208 Å². The van der Waals surface area contributed by atoms with Gasteiger partial charge in [0.15, 0.2) is 0 Å². The van der Waals surface area contributed by atoms with Gasteiger partial charge in [-0.25, -0.2) is 19.9 Å². The van der Waals surface area contributed by atoms with Crippen LogP contribution in [-0.2, 0) is 43.0 Å². The fourth-order valence-electron chi connectivity index (χ4n) is 9.32. The Hall–Kier alpha value is -9.09. The van der Waals surface area contributed by atoms with Gasteiger partial charge in [0.05, 0.1) is 69.6 Å². The van der Waals surface area contributed by atoms with E-state index in [1.807, 2.05) is 160 Å². The molecule has 0 aliphatic heterocycles. The molecule has 0 aliphatic rings. The summed E-state index contributed by atoms with van der Waals surface area (Å²) in [7, 11) is 3.79. The molecule has 0 amide bonds. The predicted molar refractivity (Wildman–Crippen MR) is 365 cm³/mol. The molecule has 0 spiro atoms. The van der Waals surface area contributed by atoms with Crippen LogP contribution in [-0.4, -0.2) is 115 Å².